The van der Waals surface area contributed by atoms with Crippen molar-refractivity contribution < 1.29 is 4.79 Å². The zero-order valence-electron chi connectivity index (χ0n) is 12.9. The van der Waals surface area contributed by atoms with E-state index in [0.29, 0.717) is 13.0 Å². The molecule has 3 aromatic rings. The topological polar surface area (TPSA) is 54.9 Å². The van der Waals surface area contributed by atoms with Crippen LogP contribution in [0.1, 0.15) is 24.0 Å². The Kier molecular flexibility index (Phi) is 4.94. The molecule has 0 aliphatic heterocycles. The highest BCUT2D eigenvalue weighted by Crippen LogP contribution is 2.14. The summed E-state index contributed by atoms with van der Waals surface area (Å²) in [6.07, 6.45) is 9.48. The second-order valence-electron chi connectivity index (χ2n) is 5.54. The van der Waals surface area contributed by atoms with E-state index in [1.807, 2.05) is 36.5 Å². The van der Waals surface area contributed by atoms with Crippen LogP contribution < -0.4 is 5.32 Å². The highest BCUT2D eigenvalue weighted by atomic mass is 16.1. The Bertz CT molecular complexity index is 787. The van der Waals surface area contributed by atoms with Crippen molar-refractivity contribution in [2.75, 3.05) is 0 Å². The van der Waals surface area contributed by atoms with Gasteiger partial charge in [0, 0.05) is 43.1 Å². The Hall–Kier alpha value is -2.75. The molecule has 0 saturated carbocycles. The van der Waals surface area contributed by atoms with Crippen molar-refractivity contribution in [2.24, 2.45) is 0 Å². The van der Waals surface area contributed by atoms with Gasteiger partial charge in [0.25, 0.3) is 0 Å². The molecule has 116 valence electrons. The van der Waals surface area contributed by atoms with Gasteiger partial charge in [0.1, 0.15) is 0 Å². The summed E-state index contributed by atoms with van der Waals surface area (Å²) in [5.41, 5.74) is 2.32. The van der Waals surface area contributed by atoms with E-state index < -0.39 is 0 Å². The third-order valence-electron chi connectivity index (χ3n) is 3.81. The molecular weight excluding hydrogens is 286 g/mol. The second kappa shape index (κ2) is 7.49. The average molecular weight is 305 g/mol. The van der Waals surface area contributed by atoms with Crippen LogP contribution in [0.15, 0.2) is 61.2 Å². The molecular formula is C19H19N3O. The highest BCUT2D eigenvalue weighted by Gasteiger charge is 2.03. The Morgan fingerprint density at radius 2 is 1.74 bits per heavy atom. The molecule has 1 amide bonds. The maximum Gasteiger partial charge on any atom is 0.220 e. The van der Waals surface area contributed by atoms with E-state index in [1.54, 1.807) is 18.6 Å². The lowest BCUT2D eigenvalue weighted by Crippen LogP contribution is -2.22. The molecule has 2 heterocycles. The minimum Gasteiger partial charge on any atom is -0.352 e. The first-order valence-electron chi connectivity index (χ1n) is 7.79. The largest absolute Gasteiger partial charge is 0.352 e. The van der Waals surface area contributed by atoms with Crippen LogP contribution in [-0.2, 0) is 17.8 Å². The van der Waals surface area contributed by atoms with Gasteiger partial charge in [-0.1, -0.05) is 12.1 Å². The number of carbonyl (C=O) groups is 1. The van der Waals surface area contributed by atoms with Gasteiger partial charge in [-0.05, 0) is 53.6 Å². The smallest absolute Gasteiger partial charge is 0.220 e. The van der Waals surface area contributed by atoms with Crippen molar-refractivity contribution in [1.29, 1.82) is 0 Å². The Labute approximate surface area is 135 Å². The zero-order valence-corrected chi connectivity index (χ0v) is 12.9. The average Bonchev–Trinajstić information content (AvgIpc) is 2.61. The van der Waals surface area contributed by atoms with Gasteiger partial charge in [-0.2, -0.15) is 0 Å². The molecule has 4 heteroatoms. The van der Waals surface area contributed by atoms with Crippen molar-refractivity contribution in [3.05, 3.63) is 72.3 Å². The zero-order chi connectivity index (χ0) is 15.9. The van der Waals surface area contributed by atoms with Crippen LogP contribution in [-0.4, -0.2) is 15.9 Å². The number of hydrogen-bond donors (Lipinski definition) is 1. The van der Waals surface area contributed by atoms with Crippen molar-refractivity contribution in [3.63, 3.8) is 0 Å². The van der Waals surface area contributed by atoms with Crippen molar-refractivity contribution >= 4 is 16.7 Å². The van der Waals surface area contributed by atoms with Gasteiger partial charge < -0.3 is 5.32 Å². The number of nitrogens with zero attached hydrogens (tertiary/aromatic N) is 2. The maximum atomic E-state index is 11.9. The fraction of sp³-hybridized carbons (Fsp3) is 0.211. The van der Waals surface area contributed by atoms with E-state index >= 15 is 0 Å². The number of rotatable bonds is 6. The number of nitrogens with one attached hydrogen (secondary N) is 1. The molecule has 1 N–H and O–H groups in total. The van der Waals surface area contributed by atoms with Gasteiger partial charge in [0.2, 0.25) is 5.91 Å². The summed E-state index contributed by atoms with van der Waals surface area (Å²) in [5, 5.41) is 5.24. The van der Waals surface area contributed by atoms with Crippen LogP contribution in [0, 0.1) is 0 Å². The van der Waals surface area contributed by atoms with Crippen LogP contribution in [0.5, 0.6) is 0 Å². The summed E-state index contributed by atoms with van der Waals surface area (Å²) in [4.78, 5) is 20.0. The number of aryl methyl sites for hydroxylation is 1. The number of pyridine rings is 2. The third kappa shape index (κ3) is 4.36. The quantitative estimate of drug-likeness (QED) is 0.760. The second-order valence-corrected chi connectivity index (χ2v) is 5.54. The summed E-state index contributed by atoms with van der Waals surface area (Å²) < 4.78 is 0. The summed E-state index contributed by atoms with van der Waals surface area (Å²) in [5.74, 6) is 0.0916. The van der Waals surface area contributed by atoms with Crippen LogP contribution in [0.2, 0.25) is 0 Å². The molecule has 0 fully saturated rings. The third-order valence-corrected chi connectivity index (χ3v) is 3.81. The van der Waals surface area contributed by atoms with E-state index in [9.17, 15) is 4.79 Å². The monoisotopic (exact) mass is 305 g/mol. The fourth-order valence-corrected chi connectivity index (χ4v) is 2.53. The van der Waals surface area contributed by atoms with Gasteiger partial charge in [-0.15, -0.1) is 0 Å². The molecule has 0 radical (unpaired) electrons. The molecule has 3 rings (SSSR count). The molecule has 23 heavy (non-hydrogen) atoms. The molecule has 2 aromatic heterocycles. The molecule has 0 atom stereocenters. The first-order valence-corrected chi connectivity index (χ1v) is 7.79. The molecule has 0 bridgehead atoms. The van der Waals surface area contributed by atoms with Gasteiger partial charge in [-0.3, -0.25) is 14.8 Å². The van der Waals surface area contributed by atoms with Crippen LogP contribution in [0.25, 0.3) is 10.8 Å². The maximum absolute atomic E-state index is 11.9. The minimum absolute atomic E-state index is 0.0916. The first-order chi connectivity index (χ1) is 11.3. The Morgan fingerprint density at radius 1 is 0.913 bits per heavy atom. The summed E-state index contributed by atoms with van der Waals surface area (Å²) in [6, 6.07) is 12.1. The lowest BCUT2D eigenvalue weighted by molar-refractivity contribution is -0.121. The Balaban J connectivity index is 1.46. The van der Waals surface area contributed by atoms with Gasteiger partial charge in [0.15, 0.2) is 0 Å². The fourth-order valence-electron chi connectivity index (χ4n) is 2.53. The number of hydrogen-bond acceptors (Lipinski definition) is 3. The highest BCUT2D eigenvalue weighted by molar-refractivity contribution is 5.82. The van der Waals surface area contributed by atoms with E-state index in [1.165, 1.54) is 5.56 Å². The lowest BCUT2D eigenvalue weighted by Gasteiger charge is -2.07. The number of amides is 1. The first kappa shape index (κ1) is 15.2. The van der Waals surface area contributed by atoms with Gasteiger partial charge >= 0.3 is 0 Å². The molecule has 0 spiro atoms. The van der Waals surface area contributed by atoms with E-state index in [0.717, 1.165) is 29.2 Å². The van der Waals surface area contributed by atoms with Crippen LogP contribution in [0.3, 0.4) is 0 Å². The normalized spacial score (nSPS) is 10.6. The van der Waals surface area contributed by atoms with Crippen molar-refractivity contribution in [1.82, 2.24) is 15.3 Å². The summed E-state index contributed by atoms with van der Waals surface area (Å²) in [7, 11) is 0. The standard InChI is InChI=1S/C19H19N3O/c23-19(3-1-2-15-6-9-20-10-7-15)22-13-16-4-5-18-14-21-11-8-17(18)12-16/h4-12,14H,1-3,13H2,(H,22,23). The van der Waals surface area contributed by atoms with Gasteiger partial charge in [0.05, 0.1) is 0 Å². The molecule has 4 nitrogen and oxygen atoms in total. The Morgan fingerprint density at radius 3 is 2.61 bits per heavy atom. The molecule has 0 saturated heterocycles. The lowest BCUT2D eigenvalue weighted by atomic mass is 10.1. The van der Waals surface area contributed by atoms with E-state index in [-0.39, 0.29) is 5.91 Å². The van der Waals surface area contributed by atoms with Crippen molar-refractivity contribution in [2.45, 2.75) is 25.8 Å². The molecule has 0 unspecified atom stereocenters. The predicted octanol–water partition coefficient (Wildman–Crippen LogP) is 3.27. The number of benzene rings is 1. The predicted molar refractivity (Wildman–Crippen MR) is 90.8 cm³/mol. The van der Waals surface area contributed by atoms with Crippen molar-refractivity contribution in [3.8, 4) is 0 Å². The van der Waals surface area contributed by atoms with Crippen LogP contribution in [0.4, 0.5) is 0 Å². The molecule has 0 aliphatic rings. The molecule has 1 aromatic carbocycles. The number of fused-ring (bicyclic) bond motifs is 1. The van der Waals surface area contributed by atoms with Crippen LogP contribution >= 0.6 is 0 Å². The van der Waals surface area contributed by atoms with Gasteiger partial charge in [-0.25, -0.2) is 0 Å². The number of carbonyl (C=O) groups excluding carboxylic acids is 1. The van der Waals surface area contributed by atoms with E-state index in [4.69, 9.17) is 0 Å². The van der Waals surface area contributed by atoms with E-state index in [2.05, 4.69) is 21.4 Å². The summed E-state index contributed by atoms with van der Waals surface area (Å²) >= 11 is 0. The number of aromatic nitrogens is 2. The summed E-state index contributed by atoms with van der Waals surface area (Å²) in [6.45, 7) is 0.562. The minimum atomic E-state index is 0.0916. The SMILES string of the molecule is O=C(CCCc1ccncc1)NCc1ccc2cnccc2c1. The molecule has 0 aliphatic carbocycles.